The lowest BCUT2D eigenvalue weighted by molar-refractivity contribution is -0.386. The zero-order valence-electron chi connectivity index (χ0n) is 11.8. The van der Waals surface area contributed by atoms with Crippen LogP contribution in [0.5, 0.6) is 17.2 Å². The molecule has 0 unspecified atom stereocenters. The third-order valence-corrected chi connectivity index (χ3v) is 3.12. The quantitative estimate of drug-likeness (QED) is 0.446. The Kier molecular flexibility index (Phi) is 4.51. The Morgan fingerprint density at radius 3 is 2.21 bits per heavy atom. The van der Waals surface area contributed by atoms with Gasteiger partial charge in [-0.05, 0) is 29.3 Å². The van der Waals surface area contributed by atoms with Gasteiger partial charge in [-0.15, -0.1) is 13.2 Å². The van der Waals surface area contributed by atoms with Crippen molar-refractivity contribution in [1.29, 1.82) is 0 Å². The van der Waals surface area contributed by atoms with Crippen LogP contribution in [0.3, 0.4) is 0 Å². The number of halogens is 3. The molecule has 2 aromatic rings. The van der Waals surface area contributed by atoms with Crippen molar-refractivity contribution >= 4 is 5.69 Å². The van der Waals surface area contributed by atoms with Gasteiger partial charge in [0, 0.05) is 6.07 Å². The average molecular weight is 344 g/mol. The predicted molar refractivity (Wildman–Crippen MR) is 75.6 cm³/mol. The van der Waals surface area contributed by atoms with Crippen LogP contribution in [0.25, 0.3) is 0 Å². The third-order valence-electron chi connectivity index (χ3n) is 3.12. The second-order valence-corrected chi connectivity index (χ2v) is 4.76. The van der Waals surface area contributed by atoms with Crippen molar-refractivity contribution in [2.75, 3.05) is 0 Å². The average Bonchev–Trinajstić information content (AvgIpc) is 2.48. The van der Waals surface area contributed by atoms with Gasteiger partial charge in [-0.2, -0.15) is 0 Å². The van der Waals surface area contributed by atoms with Crippen molar-refractivity contribution in [2.45, 2.75) is 12.4 Å². The Bertz CT molecular complexity index is 762. The molecular formula is C14H11F3N2O5. The van der Waals surface area contributed by atoms with Crippen molar-refractivity contribution in [1.82, 2.24) is 0 Å². The molecule has 0 spiro atoms. The Balaban J connectivity index is 2.32. The van der Waals surface area contributed by atoms with Crippen LogP contribution in [-0.4, -0.2) is 21.5 Å². The molecule has 2 aromatic carbocycles. The number of hydrogen-bond donors (Lipinski definition) is 3. The van der Waals surface area contributed by atoms with Crippen LogP contribution in [-0.2, 0) is 0 Å². The van der Waals surface area contributed by atoms with Gasteiger partial charge in [-0.1, -0.05) is 12.1 Å². The van der Waals surface area contributed by atoms with Crippen molar-refractivity contribution in [3.63, 3.8) is 0 Å². The standard InChI is InChI=1S/C14H11F3N2O5/c15-14(16,17)24-9-3-1-7(2-4-9)12(18)8-5-10(19(22)23)13(21)11(20)6-8/h1-6,12,20-21H,18H2/t12-/m1/s1. The minimum atomic E-state index is -4.83. The summed E-state index contributed by atoms with van der Waals surface area (Å²) < 4.78 is 40.0. The van der Waals surface area contributed by atoms with E-state index in [1.807, 2.05) is 0 Å². The Morgan fingerprint density at radius 2 is 1.71 bits per heavy atom. The predicted octanol–water partition coefficient (Wildman–Crippen LogP) is 2.95. The zero-order chi connectivity index (χ0) is 18.1. The van der Waals surface area contributed by atoms with E-state index in [4.69, 9.17) is 5.73 Å². The topological polar surface area (TPSA) is 119 Å². The van der Waals surface area contributed by atoms with E-state index in [0.29, 0.717) is 5.56 Å². The molecule has 24 heavy (non-hydrogen) atoms. The van der Waals surface area contributed by atoms with Gasteiger partial charge < -0.3 is 20.7 Å². The summed E-state index contributed by atoms with van der Waals surface area (Å²) in [6, 6.07) is 5.61. The number of phenols is 2. The smallest absolute Gasteiger partial charge is 0.504 e. The maximum absolute atomic E-state index is 12.1. The zero-order valence-corrected chi connectivity index (χ0v) is 11.8. The molecule has 0 aliphatic rings. The third kappa shape index (κ3) is 3.84. The number of rotatable bonds is 4. The summed E-state index contributed by atoms with van der Waals surface area (Å²) in [5, 5.41) is 29.8. The second-order valence-electron chi connectivity index (χ2n) is 4.76. The molecule has 2 rings (SSSR count). The number of hydrogen-bond acceptors (Lipinski definition) is 6. The molecule has 0 saturated heterocycles. The van der Waals surface area contributed by atoms with E-state index in [1.54, 1.807) is 0 Å². The number of aromatic hydroxyl groups is 2. The lowest BCUT2D eigenvalue weighted by Gasteiger charge is -2.15. The summed E-state index contributed by atoms with van der Waals surface area (Å²) in [6.07, 6.45) is -4.83. The van der Waals surface area contributed by atoms with Gasteiger partial charge in [0.2, 0.25) is 5.75 Å². The first-order chi connectivity index (χ1) is 11.1. The maximum atomic E-state index is 12.1. The van der Waals surface area contributed by atoms with Crippen molar-refractivity contribution in [3.8, 4) is 17.2 Å². The van der Waals surface area contributed by atoms with Gasteiger partial charge in [-0.25, -0.2) is 0 Å². The van der Waals surface area contributed by atoms with Gasteiger partial charge in [0.25, 0.3) is 0 Å². The fraction of sp³-hybridized carbons (Fsp3) is 0.143. The van der Waals surface area contributed by atoms with Crippen molar-refractivity contribution in [3.05, 3.63) is 57.6 Å². The fourth-order valence-electron chi connectivity index (χ4n) is 2.01. The molecule has 0 aliphatic carbocycles. The van der Waals surface area contributed by atoms with E-state index in [9.17, 15) is 33.5 Å². The molecule has 128 valence electrons. The van der Waals surface area contributed by atoms with Crippen LogP contribution in [0.2, 0.25) is 0 Å². The Labute approximate surface area is 132 Å². The van der Waals surface area contributed by atoms with Gasteiger partial charge >= 0.3 is 12.0 Å². The summed E-state index contributed by atoms with van der Waals surface area (Å²) in [6.45, 7) is 0. The second kappa shape index (κ2) is 6.24. The van der Waals surface area contributed by atoms with Crippen molar-refractivity contribution in [2.24, 2.45) is 5.73 Å². The molecule has 0 aliphatic heterocycles. The number of ether oxygens (including phenoxy) is 1. The fourth-order valence-corrected chi connectivity index (χ4v) is 2.01. The maximum Gasteiger partial charge on any atom is 0.573 e. The lowest BCUT2D eigenvalue weighted by atomic mass is 9.98. The lowest BCUT2D eigenvalue weighted by Crippen LogP contribution is -2.17. The van der Waals surface area contributed by atoms with Crippen LogP contribution >= 0.6 is 0 Å². The summed E-state index contributed by atoms with van der Waals surface area (Å²) in [5.41, 5.74) is 5.59. The number of nitrogens with two attached hydrogens (primary N) is 1. The van der Waals surface area contributed by atoms with E-state index in [1.165, 1.54) is 12.1 Å². The normalized spacial score (nSPS) is 12.7. The summed E-state index contributed by atoms with van der Waals surface area (Å²) in [7, 11) is 0. The van der Waals surface area contributed by atoms with Gasteiger partial charge in [0.05, 0.1) is 11.0 Å². The van der Waals surface area contributed by atoms with Crippen LogP contribution in [0.1, 0.15) is 17.2 Å². The van der Waals surface area contributed by atoms with Crippen LogP contribution in [0, 0.1) is 10.1 Å². The minimum Gasteiger partial charge on any atom is -0.504 e. The molecule has 0 heterocycles. The molecule has 0 aromatic heterocycles. The molecule has 10 heteroatoms. The highest BCUT2D eigenvalue weighted by Gasteiger charge is 2.31. The molecule has 4 N–H and O–H groups in total. The van der Waals surface area contributed by atoms with Gasteiger partial charge in [0.15, 0.2) is 5.75 Å². The van der Waals surface area contributed by atoms with Crippen LogP contribution in [0.15, 0.2) is 36.4 Å². The minimum absolute atomic E-state index is 0.0986. The first-order valence-electron chi connectivity index (χ1n) is 6.40. The van der Waals surface area contributed by atoms with Gasteiger partial charge in [0.1, 0.15) is 5.75 Å². The number of alkyl halides is 3. The van der Waals surface area contributed by atoms with E-state index in [-0.39, 0.29) is 5.56 Å². The Hall–Kier alpha value is -3.01. The molecule has 0 saturated carbocycles. The first kappa shape index (κ1) is 17.3. The largest absolute Gasteiger partial charge is 0.573 e. The number of nitro groups is 1. The molecule has 7 nitrogen and oxygen atoms in total. The molecular weight excluding hydrogens is 333 g/mol. The van der Waals surface area contributed by atoms with Gasteiger partial charge in [-0.3, -0.25) is 10.1 Å². The highest BCUT2D eigenvalue weighted by atomic mass is 19.4. The highest BCUT2D eigenvalue weighted by Crippen LogP contribution is 2.38. The molecule has 0 bridgehead atoms. The number of benzene rings is 2. The van der Waals surface area contributed by atoms with E-state index >= 15 is 0 Å². The Morgan fingerprint density at radius 1 is 1.12 bits per heavy atom. The van der Waals surface area contributed by atoms with Crippen molar-refractivity contribution < 1.29 is 33.0 Å². The molecule has 1 atom stereocenters. The molecule has 0 amide bonds. The number of phenolic OH excluding ortho intramolecular Hbond substituents is 2. The summed E-state index contributed by atoms with van der Waals surface area (Å²) >= 11 is 0. The molecule has 0 radical (unpaired) electrons. The van der Waals surface area contributed by atoms with E-state index in [2.05, 4.69) is 4.74 Å². The van der Waals surface area contributed by atoms with Crippen LogP contribution < -0.4 is 10.5 Å². The monoisotopic (exact) mass is 344 g/mol. The molecule has 0 fully saturated rings. The number of nitro benzene ring substituents is 1. The summed E-state index contributed by atoms with van der Waals surface area (Å²) in [4.78, 5) is 9.94. The summed E-state index contributed by atoms with van der Waals surface area (Å²) in [5.74, 6) is -2.07. The number of nitrogens with zero attached hydrogens (tertiary/aromatic N) is 1. The van der Waals surface area contributed by atoms with Crippen LogP contribution in [0.4, 0.5) is 18.9 Å². The first-order valence-corrected chi connectivity index (χ1v) is 6.40. The highest BCUT2D eigenvalue weighted by molar-refractivity contribution is 5.57. The SMILES string of the molecule is N[C@H](c1ccc(OC(F)(F)F)cc1)c1cc(O)c(O)c([N+](=O)[O-])c1. The van der Waals surface area contributed by atoms with E-state index in [0.717, 1.165) is 24.3 Å². The van der Waals surface area contributed by atoms with E-state index < -0.39 is 40.3 Å².